The lowest BCUT2D eigenvalue weighted by Crippen LogP contribution is -2.25. The number of aromatic nitrogens is 5. The molecule has 10 heteroatoms. The Bertz CT molecular complexity index is 1340. The quantitative estimate of drug-likeness (QED) is 0.543. The summed E-state index contributed by atoms with van der Waals surface area (Å²) in [6, 6.07) is 5.42. The van der Waals surface area contributed by atoms with E-state index in [9.17, 15) is 4.79 Å². The maximum atomic E-state index is 12.8. The number of methoxy groups -OCH3 is 2. The number of hydrogen-bond acceptors (Lipinski definition) is 7. The predicted molar refractivity (Wildman–Crippen MR) is 105 cm³/mol. The first-order valence-electron chi connectivity index (χ1n) is 8.97. The van der Waals surface area contributed by atoms with Gasteiger partial charge in [0.2, 0.25) is 5.62 Å². The molecule has 0 unspecified atom stereocenters. The molecule has 5 rings (SSSR count). The molecule has 10 nitrogen and oxygen atoms in total. The second-order valence-corrected chi connectivity index (χ2v) is 6.45. The Hall–Kier alpha value is -3.95. The van der Waals surface area contributed by atoms with Crippen molar-refractivity contribution in [2.45, 2.75) is 6.54 Å². The molecule has 1 aliphatic rings. The van der Waals surface area contributed by atoms with Crippen molar-refractivity contribution in [2.24, 2.45) is 4.99 Å². The summed E-state index contributed by atoms with van der Waals surface area (Å²) in [4.78, 5) is 32.9. The lowest BCUT2D eigenvalue weighted by Gasteiger charge is -2.13. The monoisotopic (exact) mass is 391 g/mol. The van der Waals surface area contributed by atoms with Crippen LogP contribution in [0.3, 0.4) is 0 Å². The summed E-state index contributed by atoms with van der Waals surface area (Å²) in [5.41, 5.74) is 2.42. The summed E-state index contributed by atoms with van der Waals surface area (Å²) in [6.45, 7) is 1.37. The number of H-pyrrole nitrogens is 1. The Morgan fingerprint density at radius 3 is 2.97 bits per heavy atom. The minimum Gasteiger partial charge on any atom is -0.493 e. The molecule has 146 valence electrons. The smallest absolute Gasteiger partial charge is 0.281 e. The Labute approximate surface area is 164 Å². The molecule has 29 heavy (non-hydrogen) atoms. The minimum absolute atomic E-state index is 0.291. The number of nitrogens with zero attached hydrogens (tertiary/aromatic N) is 5. The van der Waals surface area contributed by atoms with Gasteiger partial charge in [0.25, 0.3) is 5.91 Å². The first kappa shape index (κ1) is 17.2. The number of ether oxygens (including phenoxy) is 2. The average Bonchev–Trinajstić information content (AvgIpc) is 3.41. The molecule has 0 saturated heterocycles. The van der Waals surface area contributed by atoms with Crippen molar-refractivity contribution < 1.29 is 14.3 Å². The van der Waals surface area contributed by atoms with Crippen LogP contribution in [0.4, 0.5) is 5.82 Å². The number of imidazole rings is 1. The third kappa shape index (κ3) is 2.68. The van der Waals surface area contributed by atoms with Crippen LogP contribution in [0.1, 0.15) is 10.4 Å². The number of aromatic amines is 1. The zero-order chi connectivity index (χ0) is 20.0. The molecule has 4 aromatic rings. The molecule has 0 spiro atoms. The molecule has 3 aromatic heterocycles. The summed E-state index contributed by atoms with van der Waals surface area (Å²) < 4.78 is 12.8. The number of anilines is 1. The van der Waals surface area contributed by atoms with E-state index < -0.39 is 5.91 Å². The van der Waals surface area contributed by atoms with E-state index in [4.69, 9.17) is 9.47 Å². The van der Waals surface area contributed by atoms with Crippen LogP contribution in [-0.4, -0.2) is 51.2 Å². The van der Waals surface area contributed by atoms with Crippen molar-refractivity contribution in [3.05, 3.63) is 41.9 Å². The van der Waals surface area contributed by atoms with Gasteiger partial charge in [-0.05, 0) is 18.2 Å². The van der Waals surface area contributed by atoms with E-state index in [1.165, 1.54) is 12.5 Å². The molecule has 1 aromatic carbocycles. The number of carbonyl (C=O) groups excluding carboxylic acids is 1. The van der Waals surface area contributed by atoms with Gasteiger partial charge >= 0.3 is 0 Å². The summed E-state index contributed by atoms with van der Waals surface area (Å²) in [6.07, 6.45) is 2.99. The zero-order valence-electron chi connectivity index (χ0n) is 15.8. The molecule has 0 saturated carbocycles. The second kappa shape index (κ2) is 6.59. The van der Waals surface area contributed by atoms with Crippen molar-refractivity contribution in [1.82, 2.24) is 24.5 Å². The number of hydrogen-bond donors (Lipinski definition) is 2. The molecular formula is C19H17N7O3. The third-order valence-electron chi connectivity index (χ3n) is 4.85. The standard InChI is InChI=1S/C19H17N7O3/c1-28-13-4-3-11-14(15(13)29-2)24-19(26-6-5-20-17(11)26)25-18(27)10-7-12-16(21-8-10)23-9-22-12/h3-4,7-9,20H,5-6H2,1-2H3,(H,21,22,23). The third-order valence-corrected chi connectivity index (χ3v) is 4.85. The Morgan fingerprint density at radius 2 is 2.14 bits per heavy atom. The fraction of sp³-hybridized carbons (Fsp3) is 0.211. The van der Waals surface area contributed by atoms with Crippen LogP contribution < -0.4 is 20.4 Å². The maximum absolute atomic E-state index is 12.8. The van der Waals surface area contributed by atoms with Gasteiger partial charge < -0.3 is 19.8 Å². The molecule has 1 amide bonds. The fourth-order valence-electron chi connectivity index (χ4n) is 3.49. The van der Waals surface area contributed by atoms with Gasteiger partial charge in [0.1, 0.15) is 11.3 Å². The van der Waals surface area contributed by atoms with E-state index in [-0.39, 0.29) is 0 Å². The van der Waals surface area contributed by atoms with Gasteiger partial charge in [-0.25, -0.2) is 15.0 Å². The predicted octanol–water partition coefficient (Wildman–Crippen LogP) is 1.49. The normalized spacial score (nSPS) is 13.5. The number of benzene rings is 1. The number of pyridine rings is 1. The second-order valence-electron chi connectivity index (χ2n) is 6.45. The molecule has 1 aliphatic heterocycles. The lowest BCUT2D eigenvalue weighted by molar-refractivity contribution is 0.0996. The number of fused-ring (bicyclic) bond motifs is 4. The number of nitrogens with one attached hydrogen (secondary N) is 2. The van der Waals surface area contributed by atoms with Crippen LogP contribution >= 0.6 is 0 Å². The molecule has 4 heterocycles. The van der Waals surface area contributed by atoms with Gasteiger partial charge in [-0.2, -0.15) is 4.99 Å². The van der Waals surface area contributed by atoms with E-state index in [0.717, 1.165) is 11.2 Å². The van der Waals surface area contributed by atoms with Gasteiger partial charge in [-0.1, -0.05) is 0 Å². The molecule has 2 N–H and O–H groups in total. The molecule has 0 radical (unpaired) electrons. The number of amides is 1. The SMILES string of the molecule is COc1ccc2c3n(c(=NC(=O)c4cnc5nc[nH]c5c4)nc2c1OC)CCN3. The Balaban J connectivity index is 1.72. The lowest BCUT2D eigenvalue weighted by atomic mass is 10.2. The highest BCUT2D eigenvalue weighted by molar-refractivity contribution is 5.98. The first-order chi connectivity index (χ1) is 14.2. The van der Waals surface area contributed by atoms with Gasteiger partial charge in [0, 0.05) is 24.7 Å². The van der Waals surface area contributed by atoms with Gasteiger partial charge in [-0.3, -0.25) is 9.36 Å². The van der Waals surface area contributed by atoms with Crippen molar-refractivity contribution in [2.75, 3.05) is 26.1 Å². The van der Waals surface area contributed by atoms with Crippen LogP contribution in [0.2, 0.25) is 0 Å². The van der Waals surface area contributed by atoms with Crippen LogP contribution in [0.15, 0.2) is 35.7 Å². The van der Waals surface area contributed by atoms with E-state index in [1.807, 2.05) is 16.7 Å². The number of carbonyl (C=O) groups is 1. The van der Waals surface area contributed by atoms with Crippen molar-refractivity contribution in [3.8, 4) is 11.5 Å². The van der Waals surface area contributed by atoms with E-state index in [0.29, 0.717) is 52.5 Å². The molecule has 0 bridgehead atoms. The Kier molecular flexibility index (Phi) is 3.90. The molecule has 0 aliphatic carbocycles. The summed E-state index contributed by atoms with van der Waals surface area (Å²) in [7, 11) is 3.12. The van der Waals surface area contributed by atoms with Crippen molar-refractivity contribution in [1.29, 1.82) is 0 Å². The highest BCUT2D eigenvalue weighted by Gasteiger charge is 2.20. The number of rotatable bonds is 3. The Morgan fingerprint density at radius 1 is 1.24 bits per heavy atom. The van der Waals surface area contributed by atoms with E-state index in [1.54, 1.807) is 20.3 Å². The largest absolute Gasteiger partial charge is 0.493 e. The minimum atomic E-state index is -0.440. The average molecular weight is 391 g/mol. The summed E-state index contributed by atoms with van der Waals surface area (Å²) in [5.74, 6) is 1.45. The van der Waals surface area contributed by atoms with Crippen LogP contribution in [0.5, 0.6) is 11.5 Å². The van der Waals surface area contributed by atoms with Crippen LogP contribution in [-0.2, 0) is 6.54 Å². The van der Waals surface area contributed by atoms with Crippen LogP contribution in [0, 0.1) is 0 Å². The highest BCUT2D eigenvalue weighted by atomic mass is 16.5. The van der Waals surface area contributed by atoms with Crippen molar-refractivity contribution >= 4 is 33.8 Å². The fourth-order valence-corrected chi connectivity index (χ4v) is 3.49. The summed E-state index contributed by atoms with van der Waals surface area (Å²) >= 11 is 0. The van der Waals surface area contributed by atoms with E-state index in [2.05, 4.69) is 30.2 Å². The van der Waals surface area contributed by atoms with Gasteiger partial charge in [0.15, 0.2) is 17.1 Å². The van der Waals surface area contributed by atoms with Crippen LogP contribution in [0.25, 0.3) is 22.1 Å². The van der Waals surface area contributed by atoms with E-state index >= 15 is 0 Å². The molecule has 0 fully saturated rings. The molecular weight excluding hydrogens is 374 g/mol. The van der Waals surface area contributed by atoms with Gasteiger partial charge in [-0.15, -0.1) is 0 Å². The van der Waals surface area contributed by atoms with Crippen molar-refractivity contribution in [3.63, 3.8) is 0 Å². The van der Waals surface area contributed by atoms with Gasteiger partial charge in [0.05, 0.1) is 31.6 Å². The topological polar surface area (TPSA) is 119 Å². The molecule has 0 atom stereocenters. The highest BCUT2D eigenvalue weighted by Crippen LogP contribution is 2.36. The first-order valence-corrected chi connectivity index (χ1v) is 8.97. The zero-order valence-corrected chi connectivity index (χ0v) is 15.8. The summed E-state index contributed by atoms with van der Waals surface area (Å²) in [5, 5.41) is 4.20. The maximum Gasteiger partial charge on any atom is 0.281 e.